The lowest BCUT2D eigenvalue weighted by Crippen LogP contribution is -2.03. The molecule has 0 aliphatic carbocycles. The molecule has 0 spiro atoms. The van der Waals surface area contributed by atoms with Gasteiger partial charge in [0.15, 0.2) is 5.78 Å². The fraction of sp³-hybridized carbons (Fsp3) is 0.143. The minimum atomic E-state index is 0.0926. The molecule has 1 aromatic carbocycles. The van der Waals surface area contributed by atoms with Crippen LogP contribution >= 0.6 is 11.6 Å². The van der Waals surface area contributed by atoms with Crippen LogP contribution in [0, 0.1) is 0 Å². The summed E-state index contributed by atoms with van der Waals surface area (Å²) in [5.74, 6) is 0.523. The van der Waals surface area contributed by atoms with Crippen LogP contribution in [-0.2, 0) is 6.42 Å². The Kier molecular flexibility index (Phi) is 3.95. The van der Waals surface area contributed by atoms with Crippen LogP contribution in [0.1, 0.15) is 22.3 Å². The van der Waals surface area contributed by atoms with E-state index in [1.165, 1.54) is 6.20 Å². The number of benzene rings is 1. The minimum Gasteiger partial charge on any atom is -0.383 e. The molecule has 0 radical (unpaired) electrons. The molecule has 4 heteroatoms. The van der Waals surface area contributed by atoms with Gasteiger partial charge in [0.05, 0.1) is 5.02 Å². The largest absolute Gasteiger partial charge is 0.383 e. The Labute approximate surface area is 111 Å². The Bertz CT molecular complexity index is 555. The first kappa shape index (κ1) is 12.6. The van der Waals surface area contributed by atoms with E-state index in [0.717, 1.165) is 5.56 Å². The zero-order chi connectivity index (χ0) is 13.0. The van der Waals surface area contributed by atoms with Gasteiger partial charge in [-0.05, 0) is 18.1 Å². The van der Waals surface area contributed by atoms with Gasteiger partial charge >= 0.3 is 0 Å². The molecule has 2 N–H and O–H groups in total. The maximum Gasteiger partial charge on any atom is 0.163 e. The molecular formula is C14H13ClN2O. The van der Waals surface area contributed by atoms with Crippen molar-refractivity contribution in [3.63, 3.8) is 0 Å². The third kappa shape index (κ3) is 3.08. The molecule has 0 aliphatic heterocycles. The van der Waals surface area contributed by atoms with Crippen molar-refractivity contribution in [2.24, 2.45) is 0 Å². The van der Waals surface area contributed by atoms with Gasteiger partial charge in [-0.3, -0.25) is 4.79 Å². The van der Waals surface area contributed by atoms with Crippen LogP contribution in [0.4, 0.5) is 5.82 Å². The zero-order valence-corrected chi connectivity index (χ0v) is 10.5. The number of carbonyl (C=O) groups is 1. The second-order valence-electron chi connectivity index (χ2n) is 3.99. The van der Waals surface area contributed by atoms with Gasteiger partial charge in [-0.1, -0.05) is 41.9 Å². The van der Waals surface area contributed by atoms with Gasteiger partial charge in [0.2, 0.25) is 0 Å². The van der Waals surface area contributed by atoms with E-state index in [0.29, 0.717) is 29.2 Å². The van der Waals surface area contributed by atoms with Gasteiger partial charge < -0.3 is 5.73 Å². The molecule has 0 bridgehead atoms. The number of rotatable bonds is 4. The molecule has 0 unspecified atom stereocenters. The highest BCUT2D eigenvalue weighted by atomic mass is 35.5. The number of halogens is 1. The number of carbonyl (C=O) groups excluding carboxylic acids is 1. The van der Waals surface area contributed by atoms with E-state index in [2.05, 4.69) is 4.98 Å². The molecule has 18 heavy (non-hydrogen) atoms. The van der Waals surface area contributed by atoms with Crippen molar-refractivity contribution in [2.45, 2.75) is 12.8 Å². The molecule has 92 valence electrons. The summed E-state index contributed by atoms with van der Waals surface area (Å²) in [7, 11) is 0. The van der Waals surface area contributed by atoms with Crippen molar-refractivity contribution in [2.75, 3.05) is 5.73 Å². The van der Waals surface area contributed by atoms with Gasteiger partial charge in [-0.2, -0.15) is 0 Å². The van der Waals surface area contributed by atoms with Crippen molar-refractivity contribution >= 4 is 23.2 Å². The molecule has 0 saturated heterocycles. The number of aromatic nitrogens is 1. The quantitative estimate of drug-likeness (QED) is 0.860. The summed E-state index contributed by atoms with van der Waals surface area (Å²) in [5.41, 5.74) is 7.26. The number of nitrogen functional groups attached to an aromatic ring is 1. The van der Waals surface area contributed by atoms with Gasteiger partial charge in [0.25, 0.3) is 0 Å². The van der Waals surface area contributed by atoms with Gasteiger partial charge in [-0.25, -0.2) is 4.98 Å². The number of pyridine rings is 1. The number of hydrogen-bond donors (Lipinski definition) is 1. The molecular weight excluding hydrogens is 248 g/mol. The number of aryl methyl sites for hydroxylation is 1. The molecule has 0 saturated carbocycles. The third-order valence-corrected chi connectivity index (χ3v) is 2.89. The number of anilines is 1. The summed E-state index contributed by atoms with van der Waals surface area (Å²) >= 11 is 5.85. The van der Waals surface area contributed by atoms with Gasteiger partial charge in [0.1, 0.15) is 5.82 Å². The van der Waals surface area contributed by atoms with E-state index in [-0.39, 0.29) is 5.78 Å². The second-order valence-corrected chi connectivity index (χ2v) is 4.42. The summed E-state index contributed by atoms with van der Waals surface area (Å²) in [4.78, 5) is 15.9. The standard InChI is InChI=1S/C14H13ClN2O/c15-12-8-11(14(16)17-9-12)6-7-13(18)10-4-2-1-3-5-10/h1-5,8-9H,6-7H2,(H2,16,17). The van der Waals surface area contributed by atoms with E-state index in [1.807, 2.05) is 30.3 Å². The smallest absolute Gasteiger partial charge is 0.163 e. The first-order valence-electron chi connectivity index (χ1n) is 5.65. The van der Waals surface area contributed by atoms with Crippen LogP contribution in [0.3, 0.4) is 0 Å². The Morgan fingerprint density at radius 2 is 2.00 bits per heavy atom. The van der Waals surface area contributed by atoms with E-state index in [9.17, 15) is 4.79 Å². The number of nitrogens with two attached hydrogens (primary N) is 1. The fourth-order valence-electron chi connectivity index (χ4n) is 1.71. The van der Waals surface area contributed by atoms with Crippen LogP contribution in [0.15, 0.2) is 42.6 Å². The zero-order valence-electron chi connectivity index (χ0n) is 9.77. The van der Waals surface area contributed by atoms with Gasteiger partial charge in [0, 0.05) is 18.2 Å². The normalized spacial score (nSPS) is 10.3. The van der Waals surface area contributed by atoms with Crippen LogP contribution < -0.4 is 5.73 Å². The van der Waals surface area contributed by atoms with Crippen molar-refractivity contribution in [1.82, 2.24) is 4.98 Å². The average molecular weight is 261 g/mol. The lowest BCUT2D eigenvalue weighted by atomic mass is 10.0. The minimum absolute atomic E-state index is 0.0926. The highest BCUT2D eigenvalue weighted by Crippen LogP contribution is 2.17. The molecule has 2 aromatic rings. The predicted molar refractivity (Wildman–Crippen MR) is 72.8 cm³/mol. The van der Waals surface area contributed by atoms with E-state index >= 15 is 0 Å². The highest BCUT2D eigenvalue weighted by molar-refractivity contribution is 6.30. The number of hydrogen-bond acceptors (Lipinski definition) is 3. The number of Topliss-reactive ketones (excluding diaryl/α,β-unsaturated/α-hetero) is 1. The molecule has 1 heterocycles. The van der Waals surface area contributed by atoms with E-state index < -0.39 is 0 Å². The topological polar surface area (TPSA) is 56.0 Å². The maximum atomic E-state index is 11.9. The number of nitrogens with zero attached hydrogens (tertiary/aromatic N) is 1. The van der Waals surface area contributed by atoms with Gasteiger partial charge in [-0.15, -0.1) is 0 Å². The second kappa shape index (κ2) is 5.65. The summed E-state index contributed by atoms with van der Waals surface area (Å²) in [5, 5.41) is 0.534. The van der Waals surface area contributed by atoms with Crippen LogP contribution in [-0.4, -0.2) is 10.8 Å². The van der Waals surface area contributed by atoms with E-state index in [1.54, 1.807) is 6.07 Å². The lowest BCUT2D eigenvalue weighted by Gasteiger charge is -2.05. The fourth-order valence-corrected chi connectivity index (χ4v) is 1.89. The van der Waals surface area contributed by atoms with Crippen molar-refractivity contribution < 1.29 is 4.79 Å². The lowest BCUT2D eigenvalue weighted by molar-refractivity contribution is 0.0983. The number of ketones is 1. The monoisotopic (exact) mass is 260 g/mol. The van der Waals surface area contributed by atoms with E-state index in [4.69, 9.17) is 17.3 Å². The average Bonchev–Trinajstić information content (AvgIpc) is 2.40. The Morgan fingerprint density at radius 3 is 2.72 bits per heavy atom. The van der Waals surface area contributed by atoms with Crippen LogP contribution in [0.25, 0.3) is 0 Å². The molecule has 0 fully saturated rings. The summed E-state index contributed by atoms with van der Waals surface area (Å²) in [6.07, 6.45) is 2.45. The molecule has 3 nitrogen and oxygen atoms in total. The maximum absolute atomic E-state index is 11.9. The first-order valence-corrected chi connectivity index (χ1v) is 6.03. The van der Waals surface area contributed by atoms with Crippen LogP contribution in [0.5, 0.6) is 0 Å². The third-order valence-electron chi connectivity index (χ3n) is 2.69. The first-order chi connectivity index (χ1) is 8.66. The van der Waals surface area contributed by atoms with Crippen LogP contribution in [0.2, 0.25) is 5.02 Å². The van der Waals surface area contributed by atoms with Crippen molar-refractivity contribution in [3.05, 3.63) is 58.7 Å². The van der Waals surface area contributed by atoms with Crippen molar-refractivity contribution in [1.29, 1.82) is 0 Å². The Morgan fingerprint density at radius 1 is 1.28 bits per heavy atom. The summed E-state index contributed by atoms with van der Waals surface area (Å²) < 4.78 is 0. The SMILES string of the molecule is Nc1ncc(Cl)cc1CCC(=O)c1ccccc1. The predicted octanol–water partition coefficient (Wildman–Crippen LogP) is 3.13. The molecule has 2 rings (SSSR count). The Balaban J connectivity index is 2.04. The Hall–Kier alpha value is -1.87. The molecule has 1 aromatic heterocycles. The molecule has 0 amide bonds. The molecule has 0 aliphatic rings. The van der Waals surface area contributed by atoms with Crippen molar-refractivity contribution in [3.8, 4) is 0 Å². The molecule has 0 atom stereocenters. The highest BCUT2D eigenvalue weighted by Gasteiger charge is 2.08. The summed E-state index contributed by atoms with van der Waals surface area (Å²) in [6, 6.07) is 11.0. The summed E-state index contributed by atoms with van der Waals surface area (Å²) in [6.45, 7) is 0.